The Morgan fingerprint density at radius 2 is 1.67 bits per heavy atom. The van der Waals surface area contributed by atoms with E-state index in [1.807, 2.05) is 0 Å². The van der Waals surface area contributed by atoms with E-state index in [4.69, 9.17) is 4.74 Å². The molecule has 5 nitrogen and oxygen atoms in total. The molecule has 0 N–H and O–H groups in total. The van der Waals surface area contributed by atoms with Gasteiger partial charge in [0.25, 0.3) is 11.8 Å². The molecule has 0 aliphatic carbocycles. The number of ketones is 1. The molecule has 2 rings (SSSR count). The lowest BCUT2D eigenvalue weighted by Crippen LogP contribution is -2.51. The first-order chi connectivity index (χ1) is 9.75. The molecule has 1 aliphatic heterocycles. The Labute approximate surface area is 123 Å². The maximum absolute atomic E-state index is 12.4. The fourth-order valence-corrected chi connectivity index (χ4v) is 2.25. The van der Waals surface area contributed by atoms with Gasteiger partial charge in [-0.15, -0.1) is 0 Å². The molecule has 1 aliphatic rings. The van der Waals surface area contributed by atoms with Gasteiger partial charge in [0.1, 0.15) is 6.10 Å². The third kappa shape index (κ3) is 2.74. The van der Waals surface area contributed by atoms with Crippen LogP contribution in [0.15, 0.2) is 24.3 Å². The van der Waals surface area contributed by atoms with E-state index >= 15 is 0 Å². The summed E-state index contributed by atoms with van der Waals surface area (Å²) in [5.74, 6) is -0.729. The molecule has 0 bridgehead atoms. The van der Waals surface area contributed by atoms with Gasteiger partial charge in [0.15, 0.2) is 5.78 Å². The summed E-state index contributed by atoms with van der Waals surface area (Å²) in [5, 5.41) is 0. The predicted octanol–water partition coefficient (Wildman–Crippen LogP) is 2.06. The largest absolute Gasteiger partial charge is 0.368 e. The molecule has 1 aromatic carbocycles. The van der Waals surface area contributed by atoms with E-state index in [1.54, 1.807) is 45.0 Å². The Morgan fingerprint density at radius 3 is 2.10 bits per heavy atom. The van der Waals surface area contributed by atoms with Crippen molar-refractivity contribution in [3.8, 4) is 0 Å². The highest BCUT2D eigenvalue weighted by molar-refractivity contribution is 6.21. The summed E-state index contributed by atoms with van der Waals surface area (Å²) in [6.07, 6.45) is -0.556. The average molecular weight is 289 g/mol. The molecule has 0 fully saturated rings. The van der Waals surface area contributed by atoms with E-state index in [1.165, 1.54) is 11.8 Å². The standard InChI is InChI=1S/C16H19NO4/c1-10(18)11(2)21-9-16(3,4)17-14(19)12-7-5-6-8-13(12)15(17)20/h5-8,11H,9H2,1-4H3. The van der Waals surface area contributed by atoms with Crippen LogP contribution >= 0.6 is 0 Å². The minimum Gasteiger partial charge on any atom is -0.368 e. The van der Waals surface area contributed by atoms with Gasteiger partial charge in [-0.05, 0) is 39.8 Å². The number of hydrogen-bond donors (Lipinski definition) is 0. The van der Waals surface area contributed by atoms with Crippen molar-refractivity contribution in [1.82, 2.24) is 4.90 Å². The molecular formula is C16H19NO4. The Kier molecular flexibility index (Phi) is 3.96. The summed E-state index contributed by atoms with van der Waals surface area (Å²) in [4.78, 5) is 37.3. The highest BCUT2D eigenvalue weighted by Gasteiger charge is 2.44. The van der Waals surface area contributed by atoms with Crippen LogP contribution in [0.25, 0.3) is 0 Å². The van der Waals surface area contributed by atoms with Crippen LogP contribution in [0.5, 0.6) is 0 Å². The number of ether oxygens (including phenoxy) is 1. The van der Waals surface area contributed by atoms with E-state index in [-0.39, 0.29) is 24.2 Å². The monoisotopic (exact) mass is 289 g/mol. The molecule has 1 unspecified atom stereocenters. The summed E-state index contributed by atoms with van der Waals surface area (Å²) >= 11 is 0. The Hall–Kier alpha value is -2.01. The van der Waals surface area contributed by atoms with Gasteiger partial charge in [0.05, 0.1) is 23.3 Å². The van der Waals surface area contributed by atoms with Crippen LogP contribution in [-0.4, -0.2) is 40.7 Å². The lowest BCUT2D eigenvalue weighted by Gasteiger charge is -2.34. The number of fused-ring (bicyclic) bond motifs is 1. The molecule has 0 spiro atoms. The Balaban J connectivity index is 2.20. The second-order valence-electron chi connectivity index (χ2n) is 5.87. The van der Waals surface area contributed by atoms with Crippen LogP contribution in [-0.2, 0) is 9.53 Å². The highest BCUT2D eigenvalue weighted by Crippen LogP contribution is 2.29. The normalized spacial score (nSPS) is 16.1. The molecule has 2 amide bonds. The molecule has 1 atom stereocenters. The molecule has 1 heterocycles. The summed E-state index contributed by atoms with van der Waals surface area (Å²) in [6, 6.07) is 6.75. The van der Waals surface area contributed by atoms with Crippen LogP contribution in [0.1, 0.15) is 48.4 Å². The van der Waals surface area contributed by atoms with Crippen molar-refractivity contribution >= 4 is 17.6 Å². The fraction of sp³-hybridized carbons (Fsp3) is 0.438. The zero-order valence-electron chi connectivity index (χ0n) is 12.7. The third-order valence-corrected chi connectivity index (χ3v) is 3.66. The van der Waals surface area contributed by atoms with Gasteiger partial charge >= 0.3 is 0 Å². The first-order valence-corrected chi connectivity index (χ1v) is 6.85. The van der Waals surface area contributed by atoms with Crippen molar-refractivity contribution in [2.45, 2.75) is 39.3 Å². The zero-order valence-corrected chi connectivity index (χ0v) is 12.7. The number of imide groups is 1. The minimum atomic E-state index is -0.823. The molecular weight excluding hydrogens is 270 g/mol. The second-order valence-corrected chi connectivity index (χ2v) is 5.87. The number of rotatable bonds is 5. The van der Waals surface area contributed by atoms with Gasteiger partial charge in [-0.1, -0.05) is 12.1 Å². The third-order valence-electron chi connectivity index (χ3n) is 3.66. The van der Waals surface area contributed by atoms with Crippen LogP contribution in [0, 0.1) is 0 Å². The Morgan fingerprint density at radius 1 is 1.19 bits per heavy atom. The number of Topliss-reactive ketones (excluding diaryl/α,β-unsaturated/α-hetero) is 1. The maximum atomic E-state index is 12.4. The van der Waals surface area contributed by atoms with E-state index < -0.39 is 11.6 Å². The van der Waals surface area contributed by atoms with Crippen molar-refractivity contribution in [2.75, 3.05) is 6.61 Å². The molecule has 0 saturated carbocycles. The summed E-state index contributed by atoms with van der Waals surface area (Å²) < 4.78 is 5.48. The van der Waals surface area contributed by atoms with Gasteiger partial charge in [0.2, 0.25) is 0 Å². The topological polar surface area (TPSA) is 63.7 Å². The van der Waals surface area contributed by atoms with Gasteiger partial charge in [-0.25, -0.2) is 0 Å². The first-order valence-electron chi connectivity index (χ1n) is 6.85. The number of benzene rings is 1. The van der Waals surface area contributed by atoms with E-state index in [2.05, 4.69) is 0 Å². The SMILES string of the molecule is CC(=O)C(C)OCC(C)(C)N1C(=O)c2ccccc2C1=O. The fourth-order valence-electron chi connectivity index (χ4n) is 2.25. The lowest BCUT2D eigenvalue weighted by atomic mass is 10.0. The van der Waals surface area contributed by atoms with Crippen LogP contribution in [0.3, 0.4) is 0 Å². The van der Waals surface area contributed by atoms with Crippen LogP contribution in [0.2, 0.25) is 0 Å². The van der Waals surface area contributed by atoms with Crippen LogP contribution in [0.4, 0.5) is 0 Å². The number of amides is 2. The van der Waals surface area contributed by atoms with Crippen molar-refractivity contribution in [3.63, 3.8) is 0 Å². The van der Waals surface area contributed by atoms with Crippen molar-refractivity contribution in [3.05, 3.63) is 35.4 Å². The quantitative estimate of drug-likeness (QED) is 0.778. The maximum Gasteiger partial charge on any atom is 0.262 e. The number of nitrogens with zero attached hydrogens (tertiary/aromatic N) is 1. The highest BCUT2D eigenvalue weighted by atomic mass is 16.5. The number of carbonyl (C=O) groups excluding carboxylic acids is 3. The van der Waals surface area contributed by atoms with Gasteiger partial charge < -0.3 is 4.74 Å². The summed E-state index contributed by atoms with van der Waals surface area (Å²) in [7, 11) is 0. The number of carbonyl (C=O) groups is 3. The van der Waals surface area contributed by atoms with Gasteiger partial charge in [0, 0.05) is 0 Å². The minimum absolute atomic E-state index is 0.0897. The predicted molar refractivity (Wildman–Crippen MR) is 77.1 cm³/mol. The van der Waals surface area contributed by atoms with Gasteiger partial charge in [-0.3, -0.25) is 19.3 Å². The smallest absolute Gasteiger partial charge is 0.262 e. The van der Waals surface area contributed by atoms with Crippen LogP contribution < -0.4 is 0 Å². The molecule has 1 aromatic rings. The molecule has 21 heavy (non-hydrogen) atoms. The molecule has 5 heteroatoms. The first kappa shape index (κ1) is 15.4. The van der Waals surface area contributed by atoms with E-state index in [0.29, 0.717) is 11.1 Å². The average Bonchev–Trinajstić information content (AvgIpc) is 2.69. The zero-order chi connectivity index (χ0) is 15.8. The summed E-state index contributed by atoms with van der Waals surface area (Å²) in [6.45, 7) is 6.71. The molecule has 0 saturated heterocycles. The molecule has 112 valence electrons. The van der Waals surface area contributed by atoms with Crippen molar-refractivity contribution in [1.29, 1.82) is 0 Å². The van der Waals surface area contributed by atoms with E-state index in [9.17, 15) is 14.4 Å². The summed E-state index contributed by atoms with van der Waals surface area (Å²) in [5.41, 5.74) is 0.00191. The van der Waals surface area contributed by atoms with Crippen molar-refractivity contribution < 1.29 is 19.1 Å². The van der Waals surface area contributed by atoms with Crippen molar-refractivity contribution in [2.24, 2.45) is 0 Å². The second kappa shape index (κ2) is 5.41. The Bertz CT molecular complexity index is 571. The van der Waals surface area contributed by atoms with Gasteiger partial charge in [-0.2, -0.15) is 0 Å². The van der Waals surface area contributed by atoms with E-state index in [0.717, 1.165) is 0 Å². The number of hydrogen-bond acceptors (Lipinski definition) is 4. The lowest BCUT2D eigenvalue weighted by molar-refractivity contribution is -0.128. The molecule has 0 aromatic heterocycles. The molecule has 0 radical (unpaired) electrons.